The van der Waals surface area contributed by atoms with Gasteiger partial charge in [-0.3, -0.25) is 9.59 Å². The van der Waals surface area contributed by atoms with E-state index in [1.165, 1.54) is 29.7 Å². The molecule has 174 valence electrons. The predicted octanol–water partition coefficient (Wildman–Crippen LogP) is 4.18. The number of hydrogen-bond donors (Lipinski definition) is 1. The number of benzene rings is 1. The number of halogens is 3. The van der Waals surface area contributed by atoms with Crippen molar-refractivity contribution in [2.75, 3.05) is 31.1 Å². The van der Waals surface area contributed by atoms with Crippen LogP contribution in [0.5, 0.6) is 0 Å². The van der Waals surface area contributed by atoms with Gasteiger partial charge in [-0.1, -0.05) is 23.5 Å². The summed E-state index contributed by atoms with van der Waals surface area (Å²) in [6.45, 7) is 6.61. The molecule has 1 aliphatic heterocycles. The largest absolute Gasteiger partial charge is 0.416 e. The highest BCUT2D eigenvalue weighted by molar-refractivity contribution is 7.17. The number of hydrogen-bond acceptors (Lipinski definition) is 5. The van der Waals surface area contributed by atoms with E-state index in [4.69, 9.17) is 0 Å². The average Bonchev–Trinajstić information content (AvgIpc) is 3.28. The minimum atomic E-state index is -4.43. The molecule has 1 fully saturated rings. The molecule has 1 atom stereocenters. The summed E-state index contributed by atoms with van der Waals surface area (Å²) >= 11 is 1.22. The molecule has 2 heterocycles. The molecule has 1 unspecified atom stereocenters. The molecule has 2 amide bonds. The normalized spacial score (nSPS) is 16.7. The van der Waals surface area contributed by atoms with Crippen molar-refractivity contribution in [2.24, 2.45) is 5.92 Å². The van der Waals surface area contributed by atoms with Crippen LogP contribution in [0.25, 0.3) is 0 Å². The highest BCUT2D eigenvalue weighted by Gasteiger charge is 2.31. The van der Waals surface area contributed by atoms with E-state index in [9.17, 15) is 22.8 Å². The molecule has 0 bridgehead atoms. The number of carbonyl (C=O) groups is 2. The first-order valence-electron chi connectivity index (χ1n) is 10.7. The van der Waals surface area contributed by atoms with Crippen LogP contribution in [0.1, 0.15) is 47.5 Å². The second kappa shape index (κ2) is 10.3. The van der Waals surface area contributed by atoms with Gasteiger partial charge in [0.1, 0.15) is 4.88 Å². The van der Waals surface area contributed by atoms with Gasteiger partial charge in [0.05, 0.1) is 17.7 Å². The number of alkyl halides is 3. The lowest BCUT2D eigenvalue weighted by atomic mass is 9.97. The smallest absolute Gasteiger partial charge is 0.347 e. The fourth-order valence-electron chi connectivity index (χ4n) is 3.79. The Labute approximate surface area is 189 Å². The maximum Gasteiger partial charge on any atom is 0.416 e. The second-order valence-electron chi connectivity index (χ2n) is 7.68. The van der Waals surface area contributed by atoms with E-state index in [0.717, 1.165) is 31.5 Å². The first-order chi connectivity index (χ1) is 15.2. The van der Waals surface area contributed by atoms with E-state index in [1.54, 1.807) is 0 Å². The van der Waals surface area contributed by atoms with Crippen molar-refractivity contribution in [3.8, 4) is 0 Å². The van der Waals surface area contributed by atoms with E-state index in [1.807, 2.05) is 23.6 Å². The van der Waals surface area contributed by atoms with Crippen LogP contribution in [0.2, 0.25) is 0 Å². The van der Waals surface area contributed by atoms with E-state index in [0.29, 0.717) is 35.2 Å². The summed E-state index contributed by atoms with van der Waals surface area (Å²) < 4.78 is 38.6. The summed E-state index contributed by atoms with van der Waals surface area (Å²) in [5.41, 5.74) is -0.380. The molecule has 0 radical (unpaired) electrons. The predicted molar refractivity (Wildman–Crippen MR) is 118 cm³/mol. The zero-order valence-corrected chi connectivity index (χ0v) is 18.9. The molecule has 1 aromatic carbocycles. The van der Waals surface area contributed by atoms with Gasteiger partial charge in [0, 0.05) is 32.7 Å². The van der Waals surface area contributed by atoms with Crippen molar-refractivity contribution < 1.29 is 22.8 Å². The van der Waals surface area contributed by atoms with Crippen molar-refractivity contribution in [3.63, 3.8) is 0 Å². The Bertz CT molecular complexity index is 943. The van der Waals surface area contributed by atoms with Crippen LogP contribution >= 0.6 is 11.3 Å². The monoisotopic (exact) mass is 468 g/mol. The maximum atomic E-state index is 12.9. The van der Waals surface area contributed by atoms with Crippen LogP contribution in [0.15, 0.2) is 30.5 Å². The van der Waals surface area contributed by atoms with Crippen LogP contribution in [-0.4, -0.2) is 47.9 Å². The molecule has 10 heteroatoms. The zero-order valence-electron chi connectivity index (χ0n) is 18.1. The third-order valence-corrected chi connectivity index (χ3v) is 6.60. The number of nitrogens with zero attached hydrogens (tertiary/aromatic N) is 3. The molecule has 0 spiro atoms. The Kier molecular flexibility index (Phi) is 7.76. The number of amides is 2. The number of rotatable bonds is 7. The Morgan fingerprint density at radius 3 is 2.72 bits per heavy atom. The quantitative estimate of drug-likeness (QED) is 0.662. The van der Waals surface area contributed by atoms with E-state index >= 15 is 0 Å². The number of thiazole rings is 1. The minimum absolute atomic E-state index is 0.0137. The summed E-state index contributed by atoms with van der Waals surface area (Å²) in [6, 6.07) is 4.88. The molecular weight excluding hydrogens is 441 g/mol. The van der Waals surface area contributed by atoms with Crippen LogP contribution < -0.4 is 10.2 Å². The lowest BCUT2D eigenvalue weighted by molar-refractivity contribution is -0.137. The maximum absolute atomic E-state index is 12.9. The topological polar surface area (TPSA) is 65.5 Å². The Morgan fingerprint density at radius 1 is 1.28 bits per heavy atom. The van der Waals surface area contributed by atoms with Gasteiger partial charge >= 0.3 is 6.18 Å². The molecule has 32 heavy (non-hydrogen) atoms. The number of nitrogens with one attached hydrogen (secondary N) is 1. The molecule has 0 saturated carbocycles. The first-order valence-corrected chi connectivity index (χ1v) is 11.5. The Balaban J connectivity index is 1.60. The van der Waals surface area contributed by atoms with Crippen molar-refractivity contribution in [2.45, 2.75) is 39.4 Å². The van der Waals surface area contributed by atoms with E-state index in [2.05, 4.69) is 10.3 Å². The van der Waals surface area contributed by atoms with Crippen LogP contribution in [0.4, 0.5) is 18.3 Å². The second-order valence-corrected chi connectivity index (χ2v) is 8.69. The van der Waals surface area contributed by atoms with Crippen molar-refractivity contribution in [1.29, 1.82) is 0 Å². The molecule has 2 aromatic rings. The standard InChI is InChI=1S/C22H27F3N4O2S/c1-3-28(4-2)20(31)16-8-6-10-29(14-16)21-27-13-18(32-21)19(30)26-12-15-7-5-9-17(11-15)22(23,24)25/h5,7,9,11,13,16H,3-4,6,8,10,12,14H2,1-2H3,(H,26,30). The Hall–Kier alpha value is -2.62. The summed E-state index contributed by atoms with van der Waals surface area (Å²) in [7, 11) is 0. The van der Waals surface area contributed by atoms with Crippen LogP contribution in [0, 0.1) is 5.92 Å². The van der Waals surface area contributed by atoms with E-state index in [-0.39, 0.29) is 24.3 Å². The first kappa shape index (κ1) is 24.0. The third kappa shape index (κ3) is 5.79. The molecule has 0 aliphatic carbocycles. The summed E-state index contributed by atoms with van der Waals surface area (Å²) in [4.78, 5) is 33.8. The van der Waals surface area contributed by atoms with Gasteiger partial charge in [0.25, 0.3) is 5.91 Å². The number of piperidine rings is 1. The van der Waals surface area contributed by atoms with Gasteiger partial charge in [-0.2, -0.15) is 13.2 Å². The fraction of sp³-hybridized carbons (Fsp3) is 0.500. The third-order valence-electron chi connectivity index (χ3n) is 5.54. The number of carbonyl (C=O) groups excluding carboxylic acids is 2. The molecule has 1 aromatic heterocycles. The average molecular weight is 469 g/mol. The SMILES string of the molecule is CCN(CC)C(=O)C1CCCN(c2ncc(C(=O)NCc3cccc(C(F)(F)F)c3)s2)C1. The number of aromatic nitrogens is 1. The molecule has 3 rings (SSSR count). The van der Waals surface area contributed by atoms with Crippen molar-refractivity contribution >= 4 is 28.3 Å². The molecule has 1 saturated heterocycles. The number of anilines is 1. The summed E-state index contributed by atoms with van der Waals surface area (Å²) in [5, 5.41) is 3.32. The highest BCUT2D eigenvalue weighted by Crippen LogP contribution is 2.30. The fourth-order valence-corrected chi connectivity index (χ4v) is 4.66. The van der Waals surface area contributed by atoms with Gasteiger partial charge in [-0.25, -0.2) is 4.98 Å². The van der Waals surface area contributed by atoms with Crippen LogP contribution in [-0.2, 0) is 17.5 Å². The molecular formula is C22H27F3N4O2S. The molecule has 1 aliphatic rings. The Morgan fingerprint density at radius 2 is 2.03 bits per heavy atom. The minimum Gasteiger partial charge on any atom is -0.347 e. The molecule has 6 nitrogen and oxygen atoms in total. The zero-order chi connectivity index (χ0) is 23.3. The summed E-state index contributed by atoms with van der Waals surface area (Å²) in [5.74, 6) is -0.333. The van der Waals surface area contributed by atoms with Gasteiger partial charge in [0.15, 0.2) is 5.13 Å². The van der Waals surface area contributed by atoms with Crippen LogP contribution in [0.3, 0.4) is 0 Å². The van der Waals surface area contributed by atoms with Crippen molar-refractivity contribution in [1.82, 2.24) is 15.2 Å². The summed E-state index contributed by atoms with van der Waals surface area (Å²) in [6.07, 6.45) is -1.25. The van der Waals surface area contributed by atoms with E-state index < -0.39 is 11.7 Å². The van der Waals surface area contributed by atoms with Gasteiger partial charge < -0.3 is 15.1 Å². The van der Waals surface area contributed by atoms with Gasteiger partial charge in [-0.05, 0) is 44.4 Å². The van der Waals surface area contributed by atoms with Gasteiger partial charge in [0.2, 0.25) is 5.91 Å². The van der Waals surface area contributed by atoms with Gasteiger partial charge in [-0.15, -0.1) is 0 Å². The lowest BCUT2D eigenvalue weighted by Gasteiger charge is -2.34. The lowest BCUT2D eigenvalue weighted by Crippen LogP contribution is -2.44. The highest BCUT2D eigenvalue weighted by atomic mass is 32.1. The van der Waals surface area contributed by atoms with Crippen molar-refractivity contribution in [3.05, 3.63) is 46.5 Å². The molecule has 1 N–H and O–H groups in total.